The van der Waals surface area contributed by atoms with Gasteiger partial charge in [-0.1, -0.05) is 13.8 Å². The summed E-state index contributed by atoms with van der Waals surface area (Å²) in [6.45, 7) is 9.36. The first-order valence-corrected chi connectivity index (χ1v) is 6.62. The van der Waals surface area contributed by atoms with E-state index in [0.717, 1.165) is 0 Å². The van der Waals surface area contributed by atoms with E-state index in [9.17, 15) is 4.79 Å². The molecular weight excluding hydrogens is 281 g/mol. The predicted molar refractivity (Wildman–Crippen MR) is 61.2 cm³/mol. The molecule has 0 amide bonds. The Balaban J connectivity index is 4.19. The third-order valence-corrected chi connectivity index (χ3v) is 3.70. The molecule has 0 heterocycles. The molecule has 0 aromatic carbocycles. The van der Waals surface area contributed by atoms with Crippen molar-refractivity contribution in [2.45, 2.75) is 44.1 Å². The lowest BCUT2D eigenvalue weighted by atomic mass is 10.1. The highest BCUT2D eigenvalue weighted by Crippen LogP contribution is 2.21. The van der Waals surface area contributed by atoms with Crippen LogP contribution < -0.4 is 0 Å². The number of nitrogens with one attached hydrogen (secondary N) is 1. The van der Waals surface area contributed by atoms with Gasteiger partial charge >= 0.3 is 5.97 Å². The lowest BCUT2D eigenvalue weighted by molar-refractivity contribution is -0.159. The van der Waals surface area contributed by atoms with Gasteiger partial charge in [0.05, 0.1) is 5.92 Å². The van der Waals surface area contributed by atoms with Gasteiger partial charge in [-0.3, -0.25) is 8.36 Å². The van der Waals surface area contributed by atoms with Crippen LogP contribution in [0.5, 0.6) is 0 Å². The van der Waals surface area contributed by atoms with Crippen molar-refractivity contribution in [3.63, 3.8) is 0 Å². The van der Waals surface area contributed by atoms with Crippen molar-refractivity contribution in [3.8, 4) is 0 Å². The van der Waals surface area contributed by atoms with E-state index in [1.165, 1.54) is 0 Å². The molecule has 13 heavy (non-hydrogen) atoms. The minimum absolute atomic E-state index is 0.135. The minimum Gasteiger partial charge on any atom is -0.460 e. The van der Waals surface area contributed by atoms with Crippen LogP contribution in [0.4, 0.5) is 0 Å². The summed E-state index contributed by atoms with van der Waals surface area (Å²) in [6, 6.07) is 0. The Bertz CT molecular complexity index is 198. The monoisotopic (exact) mass is 299 g/mol. The molecular formula is C9H18INO2. The largest absolute Gasteiger partial charge is 0.460 e. The van der Waals surface area contributed by atoms with Gasteiger partial charge in [0, 0.05) is 3.92 Å². The first-order valence-electron chi connectivity index (χ1n) is 4.30. The Kier molecular flexibility index (Phi) is 5.02. The van der Waals surface area contributed by atoms with E-state index < -0.39 is 26.6 Å². The lowest BCUT2D eigenvalue weighted by Crippen LogP contribution is -2.30. The SMILES string of the molecule is CC(I=N)[C@@H](C)C(=O)OC(C)(C)C. The van der Waals surface area contributed by atoms with E-state index in [4.69, 9.17) is 8.30 Å². The van der Waals surface area contributed by atoms with Crippen LogP contribution in [0.1, 0.15) is 34.6 Å². The molecule has 0 aliphatic rings. The molecule has 0 rings (SSSR count). The second-order valence-electron chi connectivity index (χ2n) is 4.11. The molecule has 0 spiro atoms. The van der Waals surface area contributed by atoms with Crippen LogP contribution in [-0.2, 0) is 9.53 Å². The van der Waals surface area contributed by atoms with Gasteiger partial charge in [-0.15, -0.1) is 0 Å². The minimum atomic E-state index is -0.623. The van der Waals surface area contributed by atoms with Crippen LogP contribution in [0.25, 0.3) is 0 Å². The van der Waals surface area contributed by atoms with E-state index in [1.807, 2.05) is 34.6 Å². The highest BCUT2D eigenvalue weighted by molar-refractivity contribution is 14.1. The summed E-state index contributed by atoms with van der Waals surface area (Å²) >= 11 is -0.623. The Morgan fingerprint density at radius 3 is 2.15 bits per heavy atom. The van der Waals surface area contributed by atoms with Crippen LogP contribution in [-0.4, -0.2) is 15.5 Å². The number of hydrogen-bond donors (Lipinski definition) is 1. The fourth-order valence-corrected chi connectivity index (χ4v) is 1.51. The van der Waals surface area contributed by atoms with Crippen LogP contribution in [0, 0.1) is 9.48 Å². The van der Waals surface area contributed by atoms with Crippen LogP contribution >= 0.6 is 21.0 Å². The smallest absolute Gasteiger partial charge is 0.310 e. The van der Waals surface area contributed by atoms with Crippen LogP contribution in [0.15, 0.2) is 0 Å². The lowest BCUT2D eigenvalue weighted by Gasteiger charge is -2.23. The molecule has 4 heteroatoms. The van der Waals surface area contributed by atoms with Crippen molar-refractivity contribution in [2.24, 2.45) is 5.92 Å². The fourth-order valence-electron chi connectivity index (χ4n) is 0.677. The van der Waals surface area contributed by atoms with Gasteiger partial charge in [0.25, 0.3) is 0 Å². The number of alkyl halides is 1. The maximum atomic E-state index is 11.5. The van der Waals surface area contributed by atoms with Gasteiger partial charge in [-0.05, 0) is 41.8 Å². The Labute approximate surface area is 90.2 Å². The zero-order valence-corrected chi connectivity index (χ0v) is 11.0. The second-order valence-corrected chi connectivity index (χ2v) is 6.70. The molecule has 0 bridgehead atoms. The Morgan fingerprint density at radius 1 is 1.38 bits per heavy atom. The predicted octanol–water partition coefficient (Wildman–Crippen LogP) is 3.09. The first-order chi connectivity index (χ1) is 5.78. The van der Waals surface area contributed by atoms with Gasteiger partial charge in [-0.25, -0.2) is 0 Å². The standard InChI is InChI=1S/C9H18INO2/c1-6(7(2)10-11)8(12)13-9(3,4)5/h6-7,11H,1-5H3/t6-,7?/m1/s1. The number of hydrogen-bond acceptors (Lipinski definition) is 3. The number of rotatable bonds is 3. The van der Waals surface area contributed by atoms with E-state index in [0.29, 0.717) is 0 Å². The number of ether oxygens (including phenoxy) is 1. The zero-order valence-electron chi connectivity index (χ0n) is 8.85. The van der Waals surface area contributed by atoms with Gasteiger partial charge in [-0.2, -0.15) is 0 Å². The molecule has 0 saturated carbocycles. The zero-order chi connectivity index (χ0) is 10.6. The molecule has 0 saturated heterocycles. The van der Waals surface area contributed by atoms with Crippen molar-refractivity contribution in [2.75, 3.05) is 0 Å². The average molecular weight is 299 g/mol. The molecule has 0 radical (unpaired) electrons. The van der Waals surface area contributed by atoms with Gasteiger partial charge in [0.15, 0.2) is 0 Å². The number of carbonyl (C=O) groups is 1. The second kappa shape index (κ2) is 5.02. The van der Waals surface area contributed by atoms with Crippen LogP contribution in [0.3, 0.4) is 0 Å². The third kappa shape index (κ3) is 5.33. The van der Waals surface area contributed by atoms with Crippen molar-refractivity contribution >= 4 is 27.0 Å². The summed E-state index contributed by atoms with van der Waals surface area (Å²) in [4.78, 5) is 11.5. The van der Waals surface area contributed by atoms with Crippen molar-refractivity contribution in [3.05, 3.63) is 0 Å². The molecule has 0 aromatic heterocycles. The number of halogens is 1. The molecule has 0 aromatic rings. The molecule has 3 nitrogen and oxygen atoms in total. The van der Waals surface area contributed by atoms with E-state index in [-0.39, 0.29) is 15.8 Å². The van der Waals surface area contributed by atoms with E-state index in [1.54, 1.807) is 0 Å². The molecule has 1 unspecified atom stereocenters. The summed E-state index contributed by atoms with van der Waals surface area (Å²) in [7, 11) is 0. The molecule has 0 aliphatic heterocycles. The summed E-state index contributed by atoms with van der Waals surface area (Å²) in [6.07, 6.45) is 0. The summed E-state index contributed by atoms with van der Waals surface area (Å²) in [5.41, 5.74) is -0.411. The topological polar surface area (TPSA) is 50.2 Å². The van der Waals surface area contributed by atoms with Crippen molar-refractivity contribution in [1.29, 1.82) is 3.56 Å². The van der Waals surface area contributed by atoms with Crippen molar-refractivity contribution in [1.82, 2.24) is 0 Å². The maximum Gasteiger partial charge on any atom is 0.310 e. The maximum absolute atomic E-state index is 11.5. The number of carbonyl (C=O) groups excluding carboxylic acids is 1. The normalized spacial score (nSPS) is 16.4. The van der Waals surface area contributed by atoms with Gasteiger partial charge in [0.2, 0.25) is 0 Å². The fraction of sp³-hybridized carbons (Fsp3) is 0.889. The first kappa shape index (κ1) is 13.0. The summed E-state index contributed by atoms with van der Waals surface area (Å²) in [5.74, 6) is -0.309. The Morgan fingerprint density at radius 2 is 1.85 bits per heavy atom. The summed E-state index contributed by atoms with van der Waals surface area (Å²) in [5, 5.41) is 0. The highest BCUT2D eigenvalue weighted by Gasteiger charge is 2.25. The van der Waals surface area contributed by atoms with Crippen molar-refractivity contribution < 1.29 is 9.53 Å². The summed E-state index contributed by atoms with van der Waals surface area (Å²) < 4.78 is 12.7. The van der Waals surface area contributed by atoms with E-state index >= 15 is 0 Å². The quantitative estimate of drug-likeness (QED) is 0.494. The van der Waals surface area contributed by atoms with Gasteiger partial charge in [0.1, 0.15) is 5.60 Å². The average Bonchev–Trinajstić information content (AvgIpc) is 1.98. The van der Waals surface area contributed by atoms with E-state index in [2.05, 4.69) is 0 Å². The third-order valence-electron chi connectivity index (χ3n) is 1.64. The molecule has 2 atom stereocenters. The molecule has 0 fully saturated rings. The van der Waals surface area contributed by atoms with Crippen LogP contribution in [0.2, 0.25) is 0 Å². The molecule has 78 valence electrons. The molecule has 1 N–H and O–H groups in total. The molecule has 0 aliphatic carbocycles. The highest BCUT2D eigenvalue weighted by atomic mass is 127. The van der Waals surface area contributed by atoms with Gasteiger partial charge < -0.3 is 4.74 Å². The Hall–Kier alpha value is 0. The number of esters is 1.